The molecule has 0 unspecified atom stereocenters. The van der Waals surface area contributed by atoms with Gasteiger partial charge in [-0.2, -0.15) is 0 Å². The summed E-state index contributed by atoms with van der Waals surface area (Å²) in [4.78, 5) is 16.8. The lowest BCUT2D eigenvalue weighted by Crippen LogP contribution is -2.48. The number of thiophene rings is 1. The predicted molar refractivity (Wildman–Crippen MR) is 85.8 cm³/mol. The maximum Gasteiger partial charge on any atom is 0.315 e. The van der Waals surface area contributed by atoms with E-state index in [1.54, 1.807) is 11.3 Å². The van der Waals surface area contributed by atoms with Crippen molar-refractivity contribution >= 4 is 17.4 Å². The first kappa shape index (κ1) is 16.3. The summed E-state index contributed by atoms with van der Waals surface area (Å²) in [5.41, 5.74) is 0. The summed E-state index contributed by atoms with van der Waals surface area (Å²) in [6.07, 6.45) is 1.05. The molecule has 118 valence electrons. The molecule has 1 fully saturated rings. The molecule has 2 N–H and O–H groups in total. The number of hydrogen-bond donors (Lipinski definition) is 2. The van der Waals surface area contributed by atoms with Crippen molar-refractivity contribution in [3.63, 3.8) is 0 Å². The second-order valence-electron chi connectivity index (χ2n) is 5.36. The fourth-order valence-electron chi connectivity index (χ4n) is 2.37. The number of nitrogens with zero attached hydrogens (tertiary/aromatic N) is 1. The van der Waals surface area contributed by atoms with Crippen molar-refractivity contribution in [3.05, 3.63) is 21.9 Å². The largest absolute Gasteiger partial charge is 0.379 e. The summed E-state index contributed by atoms with van der Waals surface area (Å²) in [6, 6.07) is 4.25. The number of morpholine rings is 1. The molecule has 1 aromatic heterocycles. The van der Waals surface area contributed by atoms with E-state index in [0.717, 1.165) is 39.3 Å². The van der Waals surface area contributed by atoms with E-state index in [1.165, 1.54) is 9.75 Å². The monoisotopic (exact) mass is 311 g/mol. The lowest BCUT2D eigenvalue weighted by atomic mass is 10.3. The van der Waals surface area contributed by atoms with Gasteiger partial charge in [0, 0.05) is 35.4 Å². The van der Waals surface area contributed by atoms with Crippen molar-refractivity contribution in [2.45, 2.75) is 32.9 Å². The molecule has 0 spiro atoms. The van der Waals surface area contributed by atoms with E-state index in [4.69, 9.17) is 4.74 Å². The highest BCUT2D eigenvalue weighted by Gasteiger charge is 2.15. The molecule has 2 amide bonds. The molecule has 1 saturated heterocycles. The average molecular weight is 311 g/mol. The van der Waals surface area contributed by atoms with Crippen molar-refractivity contribution < 1.29 is 9.53 Å². The number of nitrogens with one attached hydrogen (secondary N) is 2. The average Bonchev–Trinajstić information content (AvgIpc) is 2.94. The minimum atomic E-state index is -0.0952. The van der Waals surface area contributed by atoms with Crippen LogP contribution in [0.5, 0.6) is 0 Å². The van der Waals surface area contributed by atoms with Gasteiger partial charge < -0.3 is 15.4 Å². The van der Waals surface area contributed by atoms with Gasteiger partial charge in [-0.1, -0.05) is 6.92 Å². The van der Waals surface area contributed by atoms with Crippen LogP contribution in [0.15, 0.2) is 12.1 Å². The van der Waals surface area contributed by atoms with Gasteiger partial charge in [-0.15, -0.1) is 11.3 Å². The number of aryl methyl sites for hydroxylation is 1. The summed E-state index contributed by atoms with van der Waals surface area (Å²) in [5, 5.41) is 5.91. The Morgan fingerprint density at radius 3 is 2.76 bits per heavy atom. The van der Waals surface area contributed by atoms with Crippen molar-refractivity contribution in [1.82, 2.24) is 15.5 Å². The van der Waals surface area contributed by atoms with Gasteiger partial charge in [0.1, 0.15) is 0 Å². The Bertz CT molecular complexity index is 444. The van der Waals surface area contributed by atoms with Crippen LogP contribution in [0.4, 0.5) is 4.79 Å². The molecular formula is C15H25N3O2S. The maximum absolute atomic E-state index is 11.9. The number of carbonyl (C=O) groups is 1. The normalized spacial score (nSPS) is 17.4. The van der Waals surface area contributed by atoms with E-state index in [9.17, 15) is 4.79 Å². The zero-order valence-electron chi connectivity index (χ0n) is 12.9. The standard InChI is InChI=1S/C15H25N3O2S/c1-3-13-4-5-14(21-13)10-16-15(19)17-12(2)11-18-6-8-20-9-7-18/h4-5,12H,3,6-11H2,1-2H3,(H2,16,17,19)/t12-/m0/s1. The van der Waals surface area contributed by atoms with Crippen LogP contribution in [0.1, 0.15) is 23.6 Å². The number of carbonyl (C=O) groups excluding carboxylic acids is 1. The molecule has 1 aliphatic heterocycles. The predicted octanol–water partition coefficient (Wildman–Crippen LogP) is 1.83. The van der Waals surface area contributed by atoms with Gasteiger partial charge in [0.15, 0.2) is 0 Å². The third-order valence-corrected chi connectivity index (χ3v) is 4.73. The highest BCUT2D eigenvalue weighted by Crippen LogP contribution is 2.16. The van der Waals surface area contributed by atoms with E-state index < -0.39 is 0 Å². The van der Waals surface area contributed by atoms with Crippen molar-refractivity contribution in [2.24, 2.45) is 0 Å². The molecule has 21 heavy (non-hydrogen) atoms. The van der Waals surface area contributed by atoms with Crippen LogP contribution in [0.25, 0.3) is 0 Å². The van der Waals surface area contributed by atoms with Crippen LogP contribution in [0.2, 0.25) is 0 Å². The molecular weight excluding hydrogens is 286 g/mol. The Balaban J connectivity index is 1.66. The van der Waals surface area contributed by atoms with Crippen molar-refractivity contribution in [3.8, 4) is 0 Å². The fourth-order valence-corrected chi connectivity index (χ4v) is 3.26. The minimum Gasteiger partial charge on any atom is -0.379 e. The number of rotatable bonds is 6. The lowest BCUT2D eigenvalue weighted by molar-refractivity contribution is 0.0349. The molecule has 2 heterocycles. The molecule has 1 atom stereocenters. The Kier molecular flexibility index (Phi) is 6.48. The van der Waals surface area contributed by atoms with E-state index >= 15 is 0 Å². The molecule has 1 aliphatic rings. The van der Waals surface area contributed by atoms with E-state index in [0.29, 0.717) is 6.54 Å². The highest BCUT2D eigenvalue weighted by molar-refractivity contribution is 7.11. The topological polar surface area (TPSA) is 53.6 Å². The second-order valence-corrected chi connectivity index (χ2v) is 6.62. The molecule has 0 aliphatic carbocycles. The number of hydrogen-bond acceptors (Lipinski definition) is 4. The first-order chi connectivity index (χ1) is 10.2. The Morgan fingerprint density at radius 2 is 2.10 bits per heavy atom. The van der Waals surface area contributed by atoms with Gasteiger partial charge in [0.05, 0.1) is 19.8 Å². The molecule has 0 radical (unpaired) electrons. The summed E-state index contributed by atoms with van der Waals surface area (Å²) < 4.78 is 5.32. The van der Waals surface area contributed by atoms with Crippen LogP contribution in [0, 0.1) is 0 Å². The zero-order chi connectivity index (χ0) is 15.1. The van der Waals surface area contributed by atoms with E-state index in [2.05, 4.69) is 34.6 Å². The van der Waals surface area contributed by atoms with Gasteiger partial charge in [-0.25, -0.2) is 4.79 Å². The van der Waals surface area contributed by atoms with Crippen LogP contribution in [-0.4, -0.2) is 49.8 Å². The molecule has 2 rings (SSSR count). The molecule has 0 saturated carbocycles. The molecule has 5 nitrogen and oxygen atoms in total. The van der Waals surface area contributed by atoms with Crippen LogP contribution < -0.4 is 10.6 Å². The third kappa shape index (κ3) is 5.65. The number of ether oxygens (including phenoxy) is 1. The molecule has 6 heteroatoms. The Hall–Kier alpha value is -1.11. The first-order valence-electron chi connectivity index (χ1n) is 7.59. The van der Waals surface area contributed by atoms with Crippen LogP contribution in [-0.2, 0) is 17.7 Å². The second kappa shape index (κ2) is 8.36. The highest BCUT2D eigenvalue weighted by atomic mass is 32.1. The fraction of sp³-hybridized carbons (Fsp3) is 0.667. The molecule has 0 aromatic carbocycles. The number of amides is 2. The zero-order valence-corrected chi connectivity index (χ0v) is 13.7. The number of urea groups is 1. The van der Waals surface area contributed by atoms with Gasteiger partial charge >= 0.3 is 6.03 Å². The van der Waals surface area contributed by atoms with Gasteiger partial charge in [0.2, 0.25) is 0 Å². The molecule has 1 aromatic rings. The molecule has 0 bridgehead atoms. The summed E-state index contributed by atoms with van der Waals surface area (Å²) in [7, 11) is 0. The van der Waals surface area contributed by atoms with Crippen LogP contribution >= 0.6 is 11.3 Å². The summed E-state index contributed by atoms with van der Waals surface area (Å²) >= 11 is 1.76. The summed E-state index contributed by atoms with van der Waals surface area (Å²) in [5.74, 6) is 0. The SMILES string of the molecule is CCc1ccc(CNC(=O)N[C@@H](C)CN2CCOCC2)s1. The van der Waals surface area contributed by atoms with Gasteiger partial charge in [-0.05, 0) is 25.5 Å². The quantitative estimate of drug-likeness (QED) is 0.843. The summed E-state index contributed by atoms with van der Waals surface area (Å²) in [6.45, 7) is 9.12. The maximum atomic E-state index is 11.9. The Labute approximate surface area is 130 Å². The lowest BCUT2D eigenvalue weighted by Gasteiger charge is -2.29. The van der Waals surface area contributed by atoms with Crippen molar-refractivity contribution in [2.75, 3.05) is 32.8 Å². The third-order valence-electron chi connectivity index (χ3n) is 3.50. The van der Waals surface area contributed by atoms with E-state index in [1.807, 2.05) is 6.92 Å². The van der Waals surface area contributed by atoms with Gasteiger partial charge in [-0.3, -0.25) is 4.90 Å². The first-order valence-corrected chi connectivity index (χ1v) is 8.41. The van der Waals surface area contributed by atoms with E-state index in [-0.39, 0.29) is 12.1 Å². The van der Waals surface area contributed by atoms with Crippen LogP contribution in [0.3, 0.4) is 0 Å². The van der Waals surface area contributed by atoms with Gasteiger partial charge in [0.25, 0.3) is 0 Å². The minimum absolute atomic E-state index is 0.0952. The Morgan fingerprint density at radius 1 is 1.38 bits per heavy atom. The van der Waals surface area contributed by atoms with Crippen molar-refractivity contribution in [1.29, 1.82) is 0 Å². The smallest absolute Gasteiger partial charge is 0.315 e.